The zero-order valence-corrected chi connectivity index (χ0v) is 12.1. The van der Waals surface area contributed by atoms with Gasteiger partial charge in [-0.15, -0.1) is 0 Å². The number of piperidine rings is 1. The molecule has 4 heteroatoms. The highest BCUT2D eigenvalue weighted by atomic mass is 19.1. The predicted octanol–water partition coefficient (Wildman–Crippen LogP) is 2.36. The molecule has 1 aromatic carbocycles. The molecule has 1 N–H and O–H groups in total. The van der Waals surface area contributed by atoms with Crippen molar-refractivity contribution in [3.8, 4) is 0 Å². The number of carbonyl (C=O) groups is 1. The number of amides is 1. The van der Waals surface area contributed by atoms with E-state index in [1.54, 1.807) is 12.1 Å². The van der Waals surface area contributed by atoms with E-state index >= 15 is 0 Å². The van der Waals surface area contributed by atoms with Gasteiger partial charge in [-0.25, -0.2) is 4.39 Å². The first-order chi connectivity index (χ1) is 9.67. The second kappa shape index (κ2) is 7.39. The molecule has 0 atom stereocenters. The van der Waals surface area contributed by atoms with Crippen LogP contribution in [-0.4, -0.2) is 36.5 Å². The van der Waals surface area contributed by atoms with Crippen molar-refractivity contribution in [2.45, 2.75) is 38.6 Å². The van der Waals surface area contributed by atoms with Gasteiger partial charge < -0.3 is 10.2 Å². The van der Waals surface area contributed by atoms with E-state index in [0.29, 0.717) is 6.42 Å². The second-order valence-electron chi connectivity index (χ2n) is 5.49. The Bertz CT molecular complexity index is 425. The summed E-state index contributed by atoms with van der Waals surface area (Å²) in [5.74, 6) is -0.233. The topological polar surface area (TPSA) is 32.3 Å². The highest BCUT2D eigenvalue weighted by molar-refractivity contribution is 5.78. The lowest BCUT2D eigenvalue weighted by molar-refractivity contribution is -0.121. The summed E-state index contributed by atoms with van der Waals surface area (Å²) in [6, 6.07) is 6.41. The fraction of sp³-hybridized carbons (Fsp3) is 0.562. The Hall–Kier alpha value is -1.42. The SMILES string of the molecule is CCCN1CCC(NC(=O)Cc2ccc(F)cc2)CC1. The highest BCUT2D eigenvalue weighted by Gasteiger charge is 2.19. The largest absolute Gasteiger partial charge is 0.353 e. The molecule has 1 fully saturated rings. The molecule has 20 heavy (non-hydrogen) atoms. The fourth-order valence-electron chi connectivity index (χ4n) is 2.68. The summed E-state index contributed by atoms with van der Waals surface area (Å²) in [5.41, 5.74) is 0.854. The number of hydrogen-bond acceptors (Lipinski definition) is 2. The smallest absolute Gasteiger partial charge is 0.224 e. The molecule has 0 aliphatic carbocycles. The summed E-state index contributed by atoms with van der Waals surface area (Å²) < 4.78 is 12.8. The lowest BCUT2D eigenvalue weighted by Crippen LogP contribution is -2.45. The van der Waals surface area contributed by atoms with E-state index in [1.165, 1.54) is 18.6 Å². The van der Waals surface area contributed by atoms with Crippen LogP contribution in [0.5, 0.6) is 0 Å². The third-order valence-corrected chi connectivity index (χ3v) is 3.77. The quantitative estimate of drug-likeness (QED) is 0.896. The van der Waals surface area contributed by atoms with Crippen molar-refractivity contribution in [1.29, 1.82) is 0 Å². The highest BCUT2D eigenvalue weighted by Crippen LogP contribution is 2.11. The van der Waals surface area contributed by atoms with Crippen molar-refractivity contribution in [3.05, 3.63) is 35.6 Å². The number of halogens is 1. The van der Waals surface area contributed by atoms with E-state index in [1.807, 2.05) is 0 Å². The van der Waals surface area contributed by atoms with Crippen LogP contribution in [0.4, 0.5) is 4.39 Å². The minimum Gasteiger partial charge on any atom is -0.353 e. The van der Waals surface area contributed by atoms with E-state index in [4.69, 9.17) is 0 Å². The standard InChI is InChI=1S/C16H23FN2O/c1-2-9-19-10-7-15(8-11-19)18-16(20)12-13-3-5-14(17)6-4-13/h3-6,15H,2,7-12H2,1H3,(H,18,20). The van der Waals surface area contributed by atoms with Gasteiger partial charge in [0.05, 0.1) is 6.42 Å². The van der Waals surface area contributed by atoms with Crippen LogP contribution in [0.1, 0.15) is 31.7 Å². The third-order valence-electron chi connectivity index (χ3n) is 3.77. The van der Waals surface area contributed by atoms with Crippen molar-refractivity contribution in [3.63, 3.8) is 0 Å². The number of carbonyl (C=O) groups excluding carboxylic acids is 1. The molecular formula is C16H23FN2O. The van der Waals surface area contributed by atoms with Crippen molar-refractivity contribution < 1.29 is 9.18 Å². The van der Waals surface area contributed by atoms with Crippen LogP contribution in [0.3, 0.4) is 0 Å². The van der Waals surface area contributed by atoms with Gasteiger partial charge >= 0.3 is 0 Å². The molecule has 0 bridgehead atoms. The van der Waals surface area contributed by atoms with Gasteiger partial charge in [0.25, 0.3) is 0 Å². The van der Waals surface area contributed by atoms with Gasteiger partial charge in [-0.3, -0.25) is 4.79 Å². The average Bonchev–Trinajstić information content (AvgIpc) is 2.44. The molecule has 2 rings (SSSR count). The van der Waals surface area contributed by atoms with E-state index < -0.39 is 0 Å². The van der Waals surface area contributed by atoms with Gasteiger partial charge in [0.15, 0.2) is 0 Å². The molecular weight excluding hydrogens is 255 g/mol. The summed E-state index contributed by atoms with van der Waals surface area (Å²) in [5, 5.41) is 3.09. The Labute approximate surface area is 120 Å². The molecule has 1 aliphatic heterocycles. The van der Waals surface area contributed by atoms with Crippen molar-refractivity contribution in [2.75, 3.05) is 19.6 Å². The summed E-state index contributed by atoms with van der Waals surface area (Å²) >= 11 is 0. The van der Waals surface area contributed by atoms with Gasteiger partial charge in [0, 0.05) is 19.1 Å². The minimum atomic E-state index is -0.266. The maximum absolute atomic E-state index is 12.8. The molecule has 0 radical (unpaired) electrons. The van der Waals surface area contributed by atoms with E-state index in [2.05, 4.69) is 17.1 Å². The number of likely N-dealkylation sites (tertiary alicyclic amines) is 1. The number of nitrogens with zero attached hydrogens (tertiary/aromatic N) is 1. The van der Waals surface area contributed by atoms with Crippen LogP contribution in [0.15, 0.2) is 24.3 Å². The number of nitrogens with one attached hydrogen (secondary N) is 1. The maximum Gasteiger partial charge on any atom is 0.224 e. The van der Waals surface area contributed by atoms with Gasteiger partial charge in [-0.1, -0.05) is 19.1 Å². The van der Waals surface area contributed by atoms with Crippen molar-refractivity contribution in [2.24, 2.45) is 0 Å². The molecule has 1 aromatic rings. The van der Waals surface area contributed by atoms with Crippen LogP contribution in [-0.2, 0) is 11.2 Å². The summed E-state index contributed by atoms with van der Waals surface area (Å²) in [4.78, 5) is 14.4. The van der Waals surface area contributed by atoms with Crippen LogP contribution >= 0.6 is 0 Å². The normalized spacial score (nSPS) is 17.1. The Morgan fingerprint density at radius 3 is 2.55 bits per heavy atom. The number of benzene rings is 1. The Morgan fingerprint density at radius 1 is 1.30 bits per heavy atom. The minimum absolute atomic E-state index is 0.0329. The van der Waals surface area contributed by atoms with E-state index in [-0.39, 0.29) is 17.8 Å². The Morgan fingerprint density at radius 2 is 1.95 bits per heavy atom. The first kappa shape index (κ1) is 15.0. The predicted molar refractivity (Wildman–Crippen MR) is 78.0 cm³/mol. The van der Waals surface area contributed by atoms with Gasteiger partial charge in [0.1, 0.15) is 5.82 Å². The van der Waals surface area contributed by atoms with Gasteiger partial charge in [0.2, 0.25) is 5.91 Å². The van der Waals surface area contributed by atoms with Crippen LogP contribution < -0.4 is 5.32 Å². The van der Waals surface area contributed by atoms with Crippen LogP contribution in [0.2, 0.25) is 0 Å². The third kappa shape index (κ3) is 4.60. The van der Waals surface area contributed by atoms with Crippen LogP contribution in [0.25, 0.3) is 0 Å². The molecule has 1 saturated heterocycles. The average molecular weight is 278 g/mol. The lowest BCUT2D eigenvalue weighted by Gasteiger charge is -2.32. The maximum atomic E-state index is 12.8. The van der Waals surface area contributed by atoms with Gasteiger partial charge in [-0.2, -0.15) is 0 Å². The lowest BCUT2D eigenvalue weighted by atomic mass is 10.0. The molecule has 110 valence electrons. The Kier molecular flexibility index (Phi) is 5.53. The van der Waals surface area contributed by atoms with Crippen LogP contribution in [0, 0.1) is 5.82 Å². The van der Waals surface area contributed by atoms with Crippen molar-refractivity contribution in [1.82, 2.24) is 10.2 Å². The first-order valence-electron chi connectivity index (χ1n) is 7.43. The molecule has 0 spiro atoms. The molecule has 1 aliphatic rings. The zero-order chi connectivity index (χ0) is 14.4. The molecule has 0 aromatic heterocycles. The van der Waals surface area contributed by atoms with E-state index in [0.717, 1.165) is 38.0 Å². The van der Waals surface area contributed by atoms with Crippen molar-refractivity contribution >= 4 is 5.91 Å². The van der Waals surface area contributed by atoms with E-state index in [9.17, 15) is 9.18 Å². The number of rotatable bonds is 5. The molecule has 3 nitrogen and oxygen atoms in total. The van der Waals surface area contributed by atoms with Gasteiger partial charge in [-0.05, 0) is 43.5 Å². The summed E-state index contributed by atoms with van der Waals surface area (Å²) in [6.07, 6.45) is 3.56. The Balaban J connectivity index is 1.74. The zero-order valence-electron chi connectivity index (χ0n) is 12.1. The number of hydrogen-bond donors (Lipinski definition) is 1. The first-order valence-corrected chi connectivity index (χ1v) is 7.43. The second-order valence-corrected chi connectivity index (χ2v) is 5.49. The summed E-state index contributed by atoms with van der Waals surface area (Å²) in [6.45, 7) is 5.47. The fourth-order valence-corrected chi connectivity index (χ4v) is 2.68. The molecule has 0 saturated carbocycles. The molecule has 1 amide bonds. The monoisotopic (exact) mass is 278 g/mol. The molecule has 1 heterocycles. The summed E-state index contributed by atoms with van der Waals surface area (Å²) in [7, 11) is 0. The molecule has 0 unspecified atom stereocenters.